The van der Waals surface area contributed by atoms with Gasteiger partial charge in [-0.05, 0) is 36.3 Å². The third kappa shape index (κ3) is 4.12. The zero-order valence-electron chi connectivity index (χ0n) is 12.5. The van der Waals surface area contributed by atoms with Gasteiger partial charge in [-0.25, -0.2) is 4.68 Å². The minimum atomic E-state index is 0.311. The van der Waals surface area contributed by atoms with Crippen LogP contribution in [0.5, 0.6) is 0 Å². The van der Waals surface area contributed by atoms with E-state index in [2.05, 4.69) is 39.8 Å². The van der Waals surface area contributed by atoms with Crippen molar-refractivity contribution in [3.8, 4) is 0 Å². The molecule has 0 bridgehead atoms. The summed E-state index contributed by atoms with van der Waals surface area (Å²) in [5, 5.41) is 19.6. The van der Waals surface area contributed by atoms with E-state index in [0.717, 1.165) is 31.8 Å². The molecule has 0 aliphatic rings. The highest BCUT2D eigenvalue weighted by Gasteiger charge is 2.08. The maximum Gasteiger partial charge on any atom is 0.165 e. The van der Waals surface area contributed by atoms with Crippen LogP contribution in [-0.4, -0.2) is 36.0 Å². The van der Waals surface area contributed by atoms with E-state index in [1.807, 2.05) is 28.7 Å². The summed E-state index contributed by atoms with van der Waals surface area (Å²) in [5.41, 5.74) is 1.18. The topological polar surface area (TPSA) is 73.5 Å². The van der Waals surface area contributed by atoms with E-state index in [4.69, 9.17) is 0 Å². The number of aromatic nitrogens is 6. The molecular weight excluding hydrogens is 254 g/mol. The highest BCUT2D eigenvalue weighted by molar-refractivity contribution is 4.99. The lowest BCUT2D eigenvalue weighted by molar-refractivity contribution is 0.433. The molecule has 2 aromatic rings. The van der Waals surface area contributed by atoms with E-state index < -0.39 is 0 Å². The van der Waals surface area contributed by atoms with Crippen LogP contribution >= 0.6 is 0 Å². The van der Waals surface area contributed by atoms with Crippen molar-refractivity contribution >= 4 is 0 Å². The first kappa shape index (κ1) is 14.6. The van der Waals surface area contributed by atoms with Crippen molar-refractivity contribution in [2.45, 2.75) is 59.3 Å². The molecule has 0 saturated carbocycles. The molecular formula is C13H23N7. The lowest BCUT2D eigenvalue weighted by Crippen LogP contribution is -2.31. The molecule has 1 unspecified atom stereocenters. The van der Waals surface area contributed by atoms with Crippen LogP contribution in [0.25, 0.3) is 0 Å². The first-order valence-electron chi connectivity index (χ1n) is 7.16. The lowest BCUT2D eigenvalue weighted by Gasteiger charge is -2.13. The van der Waals surface area contributed by atoms with Crippen molar-refractivity contribution in [3.05, 3.63) is 23.8 Å². The number of tetrazole rings is 1. The van der Waals surface area contributed by atoms with Crippen LogP contribution in [0.15, 0.2) is 12.4 Å². The number of nitrogens with one attached hydrogen (secondary N) is 1. The van der Waals surface area contributed by atoms with E-state index in [1.54, 1.807) is 0 Å². The highest BCUT2D eigenvalue weighted by Crippen LogP contribution is 1.99. The fourth-order valence-electron chi connectivity index (χ4n) is 2.01. The maximum atomic E-state index is 4.29. The van der Waals surface area contributed by atoms with Gasteiger partial charge in [0.25, 0.3) is 0 Å². The third-order valence-corrected chi connectivity index (χ3v) is 3.16. The molecule has 0 fully saturated rings. The van der Waals surface area contributed by atoms with Crippen molar-refractivity contribution in [3.63, 3.8) is 0 Å². The third-order valence-electron chi connectivity index (χ3n) is 3.16. The van der Waals surface area contributed by atoms with E-state index in [-0.39, 0.29) is 0 Å². The maximum absolute atomic E-state index is 4.29. The summed E-state index contributed by atoms with van der Waals surface area (Å²) < 4.78 is 3.83. The zero-order valence-corrected chi connectivity index (χ0v) is 12.5. The molecule has 7 nitrogen and oxygen atoms in total. The molecule has 20 heavy (non-hydrogen) atoms. The molecule has 0 aliphatic carbocycles. The lowest BCUT2D eigenvalue weighted by atomic mass is 10.3. The Bertz CT molecular complexity index is 516. The summed E-state index contributed by atoms with van der Waals surface area (Å²) in [6, 6.07) is 0.311. The largest absolute Gasteiger partial charge is 0.305 e. The molecule has 0 radical (unpaired) electrons. The minimum absolute atomic E-state index is 0.311. The van der Waals surface area contributed by atoms with Gasteiger partial charge in [0.2, 0.25) is 0 Å². The van der Waals surface area contributed by atoms with Crippen LogP contribution in [0, 0.1) is 6.92 Å². The molecule has 1 atom stereocenters. The predicted molar refractivity (Wildman–Crippen MR) is 76.0 cm³/mol. The van der Waals surface area contributed by atoms with Crippen LogP contribution in [0.2, 0.25) is 0 Å². The monoisotopic (exact) mass is 277 g/mol. The summed E-state index contributed by atoms with van der Waals surface area (Å²) in [5.74, 6) is 0.891. The van der Waals surface area contributed by atoms with E-state index in [9.17, 15) is 0 Å². The molecule has 0 aromatic carbocycles. The van der Waals surface area contributed by atoms with Crippen LogP contribution in [0.1, 0.15) is 38.1 Å². The standard InChI is InChI=1S/C13H23N7/c1-4-5-6-20-13(16-17-18-20)8-14-12(3)10-19-9-11(2)7-15-19/h7,9,12,14H,4-6,8,10H2,1-3H3. The van der Waals surface area contributed by atoms with E-state index in [0.29, 0.717) is 12.6 Å². The van der Waals surface area contributed by atoms with Crippen molar-refractivity contribution in [2.24, 2.45) is 0 Å². The molecule has 2 heterocycles. The predicted octanol–water partition coefficient (Wildman–Crippen LogP) is 1.16. The second kappa shape index (κ2) is 7.14. The smallest absolute Gasteiger partial charge is 0.165 e. The minimum Gasteiger partial charge on any atom is -0.305 e. The molecule has 7 heteroatoms. The summed E-state index contributed by atoms with van der Waals surface area (Å²) >= 11 is 0. The summed E-state index contributed by atoms with van der Waals surface area (Å²) in [6.07, 6.45) is 6.16. The van der Waals surface area contributed by atoms with Crippen LogP contribution < -0.4 is 5.32 Å². The Morgan fingerprint density at radius 3 is 2.95 bits per heavy atom. The molecule has 0 aliphatic heterocycles. The van der Waals surface area contributed by atoms with Gasteiger partial charge in [0.1, 0.15) is 0 Å². The van der Waals surface area contributed by atoms with Gasteiger partial charge in [-0.15, -0.1) is 5.10 Å². The summed E-state index contributed by atoms with van der Waals surface area (Å²) in [6.45, 7) is 8.74. The molecule has 2 rings (SSSR count). The second-order valence-electron chi connectivity index (χ2n) is 5.19. The van der Waals surface area contributed by atoms with Gasteiger partial charge in [0.05, 0.1) is 19.3 Å². The van der Waals surface area contributed by atoms with E-state index in [1.165, 1.54) is 5.56 Å². The van der Waals surface area contributed by atoms with Gasteiger partial charge in [-0.3, -0.25) is 4.68 Å². The molecule has 110 valence electrons. The van der Waals surface area contributed by atoms with Crippen LogP contribution in [-0.2, 0) is 19.6 Å². The van der Waals surface area contributed by atoms with Gasteiger partial charge >= 0.3 is 0 Å². The number of hydrogen-bond donors (Lipinski definition) is 1. The number of rotatable bonds is 8. The summed E-state index contributed by atoms with van der Waals surface area (Å²) in [4.78, 5) is 0. The van der Waals surface area contributed by atoms with Crippen molar-refractivity contribution in [2.75, 3.05) is 0 Å². The van der Waals surface area contributed by atoms with Gasteiger partial charge < -0.3 is 5.32 Å². The van der Waals surface area contributed by atoms with Gasteiger partial charge in [-0.2, -0.15) is 5.10 Å². The zero-order chi connectivity index (χ0) is 14.4. The first-order chi connectivity index (χ1) is 9.69. The summed E-state index contributed by atoms with van der Waals surface area (Å²) in [7, 11) is 0. The van der Waals surface area contributed by atoms with Crippen LogP contribution in [0.4, 0.5) is 0 Å². The Labute approximate surface area is 119 Å². The molecule has 1 N–H and O–H groups in total. The Balaban J connectivity index is 1.81. The number of aryl methyl sites for hydroxylation is 2. The van der Waals surface area contributed by atoms with Gasteiger partial charge in [0.15, 0.2) is 5.82 Å². The van der Waals surface area contributed by atoms with Gasteiger partial charge in [0, 0.05) is 18.8 Å². The molecule has 0 amide bonds. The Morgan fingerprint density at radius 1 is 1.40 bits per heavy atom. The van der Waals surface area contributed by atoms with Crippen molar-refractivity contribution in [1.29, 1.82) is 0 Å². The van der Waals surface area contributed by atoms with E-state index >= 15 is 0 Å². The average Bonchev–Trinajstić information content (AvgIpc) is 3.03. The van der Waals surface area contributed by atoms with Crippen LogP contribution in [0.3, 0.4) is 0 Å². The Kier molecular flexibility index (Phi) is 5.23. The Hall–Kier alpha value is -1.76. The SMILES string of the molecule is CCCCn1nnnc1CNC(C)Cn1cc(C)cn1. The molecule has 0 saturated heterocycles. The number of nitrogens with zero attached hydrogens (tertiary/aromatic N) is 6. The molecule has 2 aromatic heterocycles. The highest BCUT2D eigenvalue weighted by atomic mass is 15.5. The first-order valence-corrected chi connectivity index (χ1v) is 7.16. The fraction of sp³-hybridized carbons (Fsp3) is 0.692. The normalized spacial score (nSPS) is 12.8. The van der Waals surface area contributed by atoms with Crippen molar-refractivity contribution < 1.29 is 0 Å². The average molecular weight is 277 g/mol. The second-order valence-corrected chi connectivity index (χ2v) is 5.19. The Morgan fingerprint density at radius 2 is 2.25 bits per heavy atom. The van der Waals surface area contributed by atoms with Gasteiger partial charge in [-0.1, -0.05) is 13.3 Å². The quantitative estimate of drug-likeness (QED) is 0.783. The molecule has 0 spiro atoms. The number of hydrogen-bond acceptors (Lipinski definition) is 5. The number of unbranched alkanes of at least 4 members (excludes halogenated alkanes) is 1. The fourth-order valence-corrected chi connectivity index (χ4v) is 2.01. The van der Waals surface area contributed by atoms with Crippen molar-refractivity contribution in [1.82, 2.24) is 35.3 Å².